The van der Waals surface area contributed by atoms with Crippen LogP contribution < -0.4 is 18.5 Å². The van der Waals surface area contributed by atoms with Crippen LogP contribution in [0.1, 0.15) is 21.5 Å². The molecule has 272 valence electrons. The monoisotopic (exact) mass is 776 g/mol. The van der Waals surface area contributed by atoms with Crippen molar-refractivity contribution >= 4 is 43.9 Å². The molecule has 0 spiro atoms. The van der Waals surface area contributed by atoms with Crippen LogP contribution in [0.3, 0.4) is 0 Å². The van der Waals surface area contributed by atoms with Crippen LogP contribution in [0.25, 0.3) is 11.1 Å². The van der Waals surface area contributed by atoms with Crippen LogP contribution >= 0.6 is 22.9 Å². The first kappa shape index (κ1) is 38.1. The van der Waals surface area contributed by atoms with Crippen LogP contribution in [-0.4, -0.2) is 57.6 Å². The number of rotatable bonds is 13. The summed E-state index contributed by atoms with van der Waals surface area (Å²) in [6, 6.07) is 15.1. The lowest BCUT2D eigenvalue weighted by Crippen LogP contribution is -2.31. The molecule has 0 atom stereocenters. The fourth-order valence-electron chi connectivity index (χ4n) is 4.84. The van der Waals surface area contributed by atoms with Gasteiger partial charge in [0.25, 0.3) is 10.0 Å². The molecule has 5 aromatic rings. The first-order chi connectivity index (χ1) is 24.6. The van der Waals surface area contributed by atoms with Crippen molar-refractivity contribution in [2.75, 3.05) is 32.6 Å². The number of ketones is 1. The highest BCUT2D eigenvalue weighted by Gasteiger charge is 2.33. The van der Waals surface area contributed by atoms with Crippen LogP contribution in [0.5, 0.6) is 23.0 Å². The normalized spacial score (nSPS) is 11.8. The Hall–Kier alpha value is -5.19. The number of benzene rings is 4. The molecule has 10 nitrogen and oxygen atoms in total. The first-order valence-electron chi connectivity index (χ1n) is 15.0. The van der Waals surface area contributed by atoms with Crippen molar-refractivity contribution in [1.82, 2.24) is 15.1 Å². The van der Waals surface area contributed by atoms with Gasteiger partial charge in [0, 0.05) is 44.1 Å². The minimum absolute atomic E-state index is 0.0282. The Bertz CT molecular complexity index is 2220. The van der Waals surface area contributed by atoms with Crippen LogP contribution in [-0.2, 0) is 22.7 Å². The molecule has 1 aromatic heterocycles. The molecule has 0 N–H and O–H groups in total. The third-order valence-corrected chi connectivity index (χ3v) is 10.3. The van der Waals surface area contributed by atoms with Gasteiger partial charge in [-0.2, -0.15) is 13.2 Å². The molecule has 0 unspecified atom stereocenters. The van der Waals surface area contributed by atoms with E-state index in [9.17, 15) is 26.4 Å². The van der Waals surface area contributed by atoms with E-state index in [0.29, 0.717) is 28.2 Å². The van der Waals surface area contributed by atoms with Gasteiger partial charge in [-0.25, -0.2) is 17.1 Å². The highest BCUT2D eigenvalue weighted by molar-refractivity contribution is 7.93. The van der Waals surface area contributed by atoms with Gasteiger partial charge in [-0.15, -0.1) is 10.2 Å². The average Bonchev–Trinajstić information content (AvgIpc) is 3.65. The second-order valence-electron chi connectivity index (χ2n) is 11.2. The maximum Gasteiger partial charge on any atom is 0.416 e. The molecule has 17 heteroatoms. The topological polar surface area (TPSA) is 111 Å². The number of sulfonamides is 1. The van der Waals surface area contributed by atoms with Gasteiger partial charge < -0.3 is 19.1 Å². The fourth-order valence-corrected chi connectivity index (χ4v) is 7.36. The van der Waals surface area contributed by atoms with E-state index in [1.807, 2.05) is 0 Å². The number of nitrogens with zero attached hydrogens (tertiary/aromatic N) is 4. The smallest absolute Gasteiger partial charge is 0.416 e. The standard InChI is InChI=1S/C35H29ClF4N4O6S2/c1-43(2)14-13-29(45)26-15-22(21-5-9-24(10-6-21)35(38,39)40)8-12-30(26)50-32-18-28(37)33(17-27(32)36)52(46,47)44(34-42-41-20-51-34)19-23-7-11-25(48-3)16-31(23)49-4/h5-18,20H,19H2,1-4H3/b14-13+. The molecule has 0 bridgehead atoms. The van der Waals surface area contributed by atoms with Gasteiger partial charge in [0.15, 0.2) is 5.78 Å². The van der Waals surface area contributed by atoms with Crippen molar-refractivity contribution in [1.29, 1.82) is 0 Å². The van der Waals surface area contributed by atoms with Gasteiger partial charge in [0.2, 0.25) is 5.13 Å². The Labute approximate surface area is 305 Å². The van der Waals surface area contributed by atoms with Crippen LogP contribution in [0, 0.1) is 5.82 Å². The van der Waals surface area contributed by atoms with Crippen molar-refractivity contribution in [3.05, 3.63) is 118 Å². The van der Waals surface area contributed by atoms with Crippen molar-refractivity contribution < 1.29 is 45.0 Å². The number of hydrogen-bond donors (Lipinski definition) is 0. The molecule has 5 rings (SSSR count). The first-order valence-corrected chi connectivity index (χ1v) is 17.7. The summed E-state index contributed by atoms with van der Waals surface area (Å²) in [6.07, 6.45) is -1.80. The summed E-state index contributed by atoms with van der Waals surface area (Å²) in [5.41, 5.74) is 1.64. The molecule has 52 heavy (non-hydrogen) atoms. The zero-order chi connectivity index (χ0) is 37.8. The van der Waals surface area contributed by atoms with Gasteiger partial charge in [-0.1, -0.05) is 41.1 Å². The molecular weight excluding hydrogens is 748 g/mol. The van der Waals surface area contributed by atoms with E-state index < -0.39 is 38.3 Å². The third kappa shape index (κ3) is 8.46. The lowest BCUT2D eigenvalue weighted by atomic mass is 9.99. The number of carbonyl (C=O) groups excluding carboxylic acids is 1. The maximum atomic E-state index is 15.9. The zero-order valence-corrected chi connectivity index (χ0v) is 30.2. The summed E-state index contributed by atoms with van der Waals surface area (Å²) in [4.78, 5) is 14.1. The molecule has 0 fully saturated rings. The average molecular weight is 777 g/mol. The molecule has 0 saturated carbocycles. The van der Waals surface area contributed by atoms with Gasteiger partial charge >= 0.3 is 6.18 Å². The molecule has 0 radical (unpaired) electrons. The highest BCUT2D eigenvalue weighted by Crippen LogP contribution is 2.39. The summed E-state index contributed by atoms with van der Waals surface area (Å²) in [6.45, 7) is -0.322. The van der Waals surface area contributed by atoms with Crippen molar-refractivity contribution in [3.8, 4) is 34.1 Å². The Kier molecular flexibility index (Phi) is 11.4. The lowest BCUT2D eigenvalue weighted by Gasteiger charge is -2.23. The second kappa shape index (κ2) is 15.6. The van der Waals surface area contributed by atoms with Gasteiger partial charge in [0.05, 0.1) is 36.9 Å². The zero-order valence-electron chi connectivity index (χ0n) is 27.8. The van der Waals surface area contributed by atoms with E-state index >= 15 is 4.39 Å². The number of aromatic nitrogens is 2. The summed E-state index contributed by atoms with van der Waals surface area (Å²) in [7, 11) is 1.56. The Morgan fingerprint density at radius 2 is 1.63 bits per heavy atom. The van der Waals surface area contributed by atoms with E-state index in [0.717, 1.165) is 39.9 Å². The van der Waals surface area contributed by atoms with Crippen molar-refractivity contribution in [2.24, 2.45) is 0 Å². The maximum absolute atomic E-state index is 15.9. The SMILES string of the molecule is COc1ccc(CN(c2nncs2)S(=O)(=O)c2cc(Cl)c(Oc3ccc(-c4ccc(C(F)(F)F)cc4)cc3C(=O)/C=C/N(C)C)cc2F)c(OC)c1. The molecule has 0 amide bonds. The number of hydrogen-bond acceptors (Lipinski definition) is 10. The number of methoxy groups -OCH3 is 2. The number of halogens is 5. The molecule has 4 aromatic carbocycles. The molecular formula is C35H29ClF4N4O6S2. The largest absolute Gasteiger partial charge is 0.497 e. The molecule has 0 saturated heterocycles. The van der Waals surface area contributed by atoms with Crippen LogP contribution in [0.2, 0.25) is 5.02 Å². The van der Waals surface area contributed by atoms with Crippen molar-refractivity contribution in [3.63, 3.8) is 0 Å². The molecule has 0 aliphatic rings. The van der Waals surface area contributed by atoms with E-state index in [1.54, 1.807) is 37.2 Å². The minimum Gasteiger partial charge on any atom is -0.497 e. The van der Waals surface area contributed by atoms with Gasteiger partial charge in [-0.05, 0) is 53.6 Å². The lowest BCUT2D eigenvalue weighted by molar-refractivity contribution is -0.137. The predicted molar refractivity (Wildman–Crippen MR) is 188 cm³/mol. The second-order valence-corrected chi connectivity index (χ2v) is 14.2. The Balaban J connectivity index is 1.52. The quantitative estimate of drug-likeness (QED) is 0.0661. The fraction of sp³-hybridized carbons (Fsp3) is 0.171. The minimum atomic E-state index is -4.69. The molecule has 0 aliphatic heterocycles. The third-order valence-electron chi connectivity index (χ3n) is 7.46. The number of alkyl halides is 3. The summed E-state index contributed by atoms with van der Waals surface area (Å²) < 4.78 is 101. The number of allylic oxidation sites excluding steroid dienone is 1. The van der Waals surface area contributed by atoms with Crippen LogP contribution in [0.4, 0.5) is 22.7 Å². The Morgan fingerprint density at radius 3 is 2.25 bits per heavy atom. The van der Waals surface area contributed by atoms with E-state index in [1.165, 1.54) is 62.3 Å². The molecule has 1 heterocycles. The number of anilines is 1. The number of carbonyl (C=O) groups is 1. The number of ether oxygens (including phenoxy) is 3. The summed E-state index contributed by atoms with van der Waals surface area (Å²) in [5, 5.41) is 7.26. The van der Waals surface area contributed by atoms with Crippen LogP contribution in [0.15, 0.2) is 95.5 Å². The summed E-state index contributed by atoms with van der Waals surface area (Å²) >= 11 is 7.42. The predicted octanol–water partition coefficient (Wildman–Crippen LogP) is 8.48. The van der Waals surface area contributed by atoms with E-state index in [4.69, 9.17) is 25.8 Å². The van der Waals surface area contributed by atoms with Gasteiger partial charge in [-0.3, -0.25) is 4.79 Å². The molecule has 0 aliphatic carbocycles. The van der Waals surface area contributed by atoms with E-state index in [-0.39, 0.29) is 33.8 Å². The van der Waals surface area contributed by atoms with Gasteiger partial charge in [0.1, 0.15) is 39.2 Å². The van der Waals surface area contributed by atoms with Crippen molar-refractivity contribution in [2.45, 2.75) is 17.6 Å². The Morgan fingerprint density at radius 1 is 0.923 bits per heavy atom. The van der Waals surface area contributed by atoms with E-state index in [2.05, 4.69) is 10.2 Å². The summed E-state index contributed by atoms with van der Waals surface area (Å²) in [5.74, 6) is -1.39. The highest BCUT2D eigenvalue weighted by atomic mass is 35.5.